The molecule has 0 bridgehead atoms. The molecule has 4 rings (SSSR count). The van der Waals surface area contributed by atoms with E-state index in [1.807, 2.05) is 74.8 Å². The SMILES string of the molecule is CC(=O)N[C@@H](Cc1c[nH]c2ccccc12)NC(=O)[C@@H](Cc1c[nH]c2ccccc12)NC(=O)[C@@H](N)CC(C)C. The van der Waals surface area contributed by atoms with Gasteiger partial charge in [-0.1, -0.05) is 50.2 Å². The van der Waals surface area contributed by atoms with E-state index in [0.717, 1.165) is 32.9 Å². The predicted octanol–water partition coefficient (Wildman–Crippen LogP) is 2.87. The second-order valence-electron chi connectivity index (χ2n) is 10.2. The second kappa shape index (κ2) is 12.0. The number of aromatic nitrogens is 2. The quantitative estimate of drug-likeness (QED) is 0.170. The normalized spacial score (nSPS) is 13.8. The van der Waals surface area contributed by atoms with Crippen LogP contribution in [0.3, 0.4) is 0 Å². The lowest BCUT2D eigenvalue weighted by molar-refractivity contribution is -0.130. The summed E-state index contributed by atoms with van der Waals surface area (Å²) in [5, 5.41) is 10.6. The summed E-state index contributed by atoms with van der Waals surface area (Å²) >= 11 is 0. The maximum absolute atomic E-state index is 13.6. The van der Waals surface area contributed by atoms with E-state index in [0.29, 0.717) is 12.8 Å². The molecule has 200 valence electrons. The van der Waals surface area contributed by atoms with Crippen molar-refractivity contribution in [1.82, 2.24) is 25.9 Å². The molecule has 0 fully saturated rings. The van der Waals surface area contributed by atoms with Gasteiger partial charge in [-0.05, 0) is 35.6 Å². The maximum atomic E-state index is 13.6. The van der Waals surface area contributed by atoms with E-state index in [9.17, 15) is 14.4 Å². The topological polar surface area (TPSA) is 145 Å². The molecular weight excluding hydrogens is 480 g/mol. The largest absolute Gasteiger partial charge is 0.361 e. The number of hydrogen-bond donors (Lipinski definition) is 6. The van der Waals surface area contributed by atoms with Crippen LogP contribution in [0.15, 0.2) is 60.9 Å². The molecule has 0 unspecified atom stereocenters. The van der Waals surface area contributed by atoms with E-state index in [1.165, 1.54) is 6.92 Å². The number of carbonyl (C=O) groups excluding carboxylic acids is 3. The van der Waals surface area contributed by atoms with Crippen LogP contribution in [0.5, 0.6) is 0 Å². The number of para-hydroxylation sites is 2. The fourth-order valence-electron chi connectivity index (χ4n) is 4.80. The fourth-order valence-corrected chi connectivity index (χ4v) is 4.80. The zero-order valence-electron chi connectivity index (χ0n) is 22.0. The van der Waals surface area contributed by atoms with Gasteiger partial charge in [0, 0.05) is 54.0 Å². The average molecular weight is 517 g/mol. The van der Waals surface area contributed by atoms with Crippen LogP contribution < -0.4 is 21.7 Å². The first-order valence-electron chi connectivity index (χ1n) is 12.9. The second-order valence-corrected chi connectivity index (χ2v) is 10.2. The highest BCUT2D eigenvalue weighted by atomic mass is 16.2. The first-order chi connectivity index (χ1) is 18.2. The molecule has 0 radical (unpaired) electrons. The van der Waals surface area contributed by atoms with Gasteiger partial charge < -0.3 is 31.7 Å². The van der Waals surface area contributed by atoms with Gasteiger partial charge in [0.1, 0.15) is 12.2 Å². The van der Waals surface area contributed by atoms with Crippen LogP contribution in [0.25, 0.3) is 21.8 Å². The van der Waals surface area contributed by atoms with Gasteiger partial charge in [0.05, 0.1) is 6.04 Å². The van der Waals surface area contributed by atoms with Crippen molar-refractivity contribution >= 4 is 39.5 Å². The number of aromatic amines is 2. The van der Waals surface area contributed by atoms with Gasteiger partial charge in [-0.2, -0.15) is 0 Å². The van der Waals surface area contributed by atoms with E-state index in [1.54, 1.807) is 0 Å². The fraction of sp³-hybridized carbons (Fsp3) is 0.345. The van der Waals surface area contributed by atoms with E-state index >= 15 is 0 Å². The van der Waals surface area contributed by atoms with Gasteiger partial charge in [0.15, 0.2) is 0 Å². The van der Waals surface area contributed by atoms with Crippen molar-refractivity contribution in [3.8, 4) is 0 Å². The van der Waals surface area contributed by atoms with E-state index in [4.69, 9.17) is 5.73 Å². The molecular formula is C29H36N6O3. The Bertz CT molecular complexity index is 1420. The molecule has 2 aromatic carbocycles. The van der Waals surface area contributed by atoms with Gasteiger partial charge in [-0.15, -0.1) is 0 Å². The zero-order valence-corrected chi connectivity index (χ0v) is 22.0. The summed E-state index contributed by atoms with van der Waals surface area (Å²) in [6.07, 6.45) is 4.18. The number of amides is 3. The van der Waals surface area contributed by atoms with Crippen LogP contribution in [0, 0.1) is 5.92 Å². The van der Waals surface area contributed by atoms with Crippen molar-refractivity contribution in [1.29, 1.82) is 0 Å². The number of H-pyrrole nitrogens is 2. The molecule has 9 heteroatoms. The molecule has 0 saturated heterocycles. The maximum Gasteiger partial charge on any atom is 0.244 e. The molecule has 38 heavy (non-hydrogen) atoms. The summed E-state index contributed by atoms with van der Waals surface area (Å²) in [7, 11) is 0. The highest BCUT2D eigenvalue weighted by molar-refractivity contribution is 5.91. The third-order valence-electron chi connectivity index (χ3n) is 6.59. The van der Waals surface area contributed by atoms with Crippen LogP contribution in [-0.4, -0.2) is 45.9 Å². The van der Waals surface area contributed by atoms with Gasteiger partial charge in [0.2, 0.25) is 17.7 Å². The van der Waals surface area contributed by atoms with Gasteiger partial charge in [-0.25, -0.2) is 0 Å². The minimum Gasteiger partial charge on any atom is -0.361 e. The summed E-state index contributed by atoms with van der Waals surface area (Å²) < 4.78 is 0. The summed E-state index contributed by atoms with van der Waals surface area (Å²) in [6.45, 7) is 5.39. The predicted molar refractivity (Wildman–Crippen MR) is 149 cm³/mol. The van der Waals surface area contributed by atoms with Crippen molar-refractivity contribution in [3.63, 3.8) is 0 Å². The van der Waals surface area contributed by atoms with E-state index in [-0.39, 0.29) is 24.2 Å². The molecule has 2 aromatic heterocycles. The lowest BCUT2D eigenvalue weighted by Crippen LogP contribution is -2.57. The number of nitrogens with one attached hydrogen (secondary N) is 5. The number of carbonyl (C=O) groups is 3. The molecule has 9 nitrogen and oxygen atoms in total. The lowest BCUT2D eigenvalue weighted by Gasteiger charge is -2.25. The molecule has 0 aliphatic heterocycles. The Morgan fingerprint density at radius 2 is 1.34 bits per heavy atom. The highest BCUT2D eigenvalue weighted by Gasteiger charge is 2.27. The molecule has 4 aromatic rings. The minimum absolute atomic E-state index is 0.233. The Hall–Kier alpha value is -4.11. The van der Waals surface area contributed by atoms with Crippen molar-refractivity contribution in [2.75, 3.05) is 0 Å². The van der Waals surface area contributed by atoms with Crippen molar-refractivity contribution in [2.45, 2.75) is 58.3 Å². The molecule has 3 atom stereocenters. The lowest BCUT2D eigenvalue weighted by atomic mass is 10.0. The Labute approximate surface area is 221 Å². The Balaban J connectivity index is 1.57. The summed E-state index contributed by atoms with van der Waals surface area (Å²) in [6, 6.07) is 14.0. The monoisotopic (exact) mass is 516 g/mol. The Morgan fingerprint density at radius 1 is 0.789 bits per heavy atom. The van der Waals surface area contributed by atoms with Crippen molar-refractivity contribution < 1.29 is 14.4 Å². The Kier molecular flexibility index (Phi) is 8.48. The third kappa shape index (κ3) is 6.60. The van der Waals surface area contributed by atoms with Crippen LogP contribution in [-0.2, 0) is 27.2 Å². The van der Waals surface area contributed by atoms with Crippen LogP contribution in [0.2, 0.25) is 0 Å². The van der Waals surface area contributed by atoms with Crippen LogP contribution >= 0.6 is 0 Å². The molecule has 0 aliphatic rings. The number of fused-ring (bicyclic) bond motifs is 2. The first kappa shape index (κ1) is 26.9. The smallest absolute Gasteiger partial charge is 0.244 e. The highest BCUT2D eigenvalue weighted by Crippen LogP contribution is 2.21. The average Bonchev–Trinajstić information content (AvgIpc) is 3.47. The summed E-state index contributed by atoms with van der Waals surface area (Å²) in [5.74, 6) is -0.825. The summed E-state index contributed by atoms with van der Waals surface area (Å²) in [4.78, 5) is 45.0. The molecule has 0 spiro atoms. The molecule has 0 aliphatic carbocycles. The Morgan fingerprint density at radius 3 is 1.89 bits per heavy atom. The molecule has 7 N–H and O–H groups in total. The standard InChI is InChI=1S/C29H36N6O3/c1-17(2)12-23(30)28(37)34-26(13-19-15-31-24-10-6-4-8-21(19)24)29(38)35-27(33-18(3)36)14-20-16-32-25-11-7-5-9-22(20)25/h4-11,15-17,23,26-27,31-32H,12-14,30H2,1-3H3,(H,33,36)(H,34,37)(H,35,38)/t23-,26+,27+/m0/s1. The van der Waals surface area contributed by atoms with Crippen molar-refractivity contribution in [3.05, 3.63) is 72.1 Å². The molecule has 0 saturated carbocycles. The first-order valence-corrected chi connectivity index (χ1v) is 12.9. The zero-order chi connectivity index (χ0) is 27.2. The molecule has 3 amide bonds. The van der Waals surface area contributed by atoms with Crippen LogP contribution in [0.1, 0.15) is 38.3 Å². The number of rotatable bonds is 11. The van der Waals surface area contributed by atoms with E-state index < -0.39 is 24.2 Å². The van der Waals surface area contributed by atoms with Crippen molar-refractivity contribution in [2.24, 2.45) is 11.7 Å². The number of hydrogen-bond acceptors (Lipinski definition) is 4. The van der Waals surface area contributed by atoms with Crippen LogP contribution in [0.4, 0.5) is 0 Å². The number of benzene rings is 2. The van der Waals surface area contributed by atoms with Gasteiger partial charge >= 0.3 is 0 Å². The number of nitrogens with two attached hydrogens (primary N) is 1. The van der Waals surface area contributed by atoms with Gasteiger partial charge in [-0.3, -0.25) is 14.4 Å². The van der Waals surface area contributed by atoms with E-state index in [2.05, 4.69) is 25.9 Å². The summed E-state index contributed by atoms with van der Waals surface area (Å²) in [5.41, 5.74) is 9.90. The third-order valence-corrected chi connectivity index (χ3v) is 6.59. The van der Waals surface area contributed by atoms with Gasteiger partial charge in [0.25, 0.3) is 0 Å². The minimum atomic E-state index is -0.890. The molecule has 2 heterocycles.